The highest BCUT2D eigenvalue weighted by Crippen LogP contribution is 2.46. The lowest BCUT2D eigenvalue weighted by molar-refractivity contribution is -0.359. The summed E-state index contributed by atoms with van der Waals surface area (Å²) in [6.45, 7) is 5.51. The van der Waals surface area contributed by atoms with Crippen molar-refractivity contribution in [2.45, 2.75) is 65.5 Å². The molecule has 166 valence electrons. The van der Waals surface area contributed by atoms with Crippen molar-refractivity contribution in [2.24, 2.45) is 17.3 Å². The lowest BCUT2D eigenvalue weighted by atomic mass is 9.77. The summed E-state index contributed by atoms with van der Waals surface area (Å²) >= 11 is 0. The number of hydrogen-bond acceptors (Lipinski definition) is 4. The van der Waals surface area contributed by atoms with E-state index in [2.05, 4.69) is 9.47 Å². The van der Waals surface area contributed by atoms with Gasteiger partial charge < -0.3 is 9.47 Å². The van der Waals surface area contributed by atoms with Crippen molar-refractivity contribution < 1.29 is 49.8 Å². The molecule has 0 spiro atoms. The Hall–Kier alpha value is -1.55. The molecule has 0 N–H and O–H groups in total. The molecule has 0 aliphatic rings. The van der Waals surface area contributed by atoms with Crippen LogP contribution < -0.4 is 0 Å². The zero-order valence-electron chi connectivity index (χ0n) is 16.3. The monoisotopic (exact) mass is 426 g/mol. The fourth-order valence-electron chi connectivity index (χ4n) is 2.08. The van der Waals surface area contributed by atoms with Crippen molar-refractivity contribution in [3.8, 4) is 0 Å². The number of hydrogen-bond donors (Lipinski definition) is 0. The van der Waals surface area contributed by atoms with Crippen molar-refractivity contribution >= 4 is 11.9 Å². The summed E-state index contributed by atoms with van der Waals surface area (Å²) in [7, 11) is 0. The zero-order chi connectivity index (χ0) is 22.6. The van der Waals surface area contributed by atoms with Crippen LogP contribution in [0.4, 0.5) is 30.7 Å². The minimum Gasteiger partial charge on any atom is -0.456 e. The van der Waals surface area contributed by atoms with E-state index in [4.69, 9.17) is 0 Å². The Kier molecular flexibility index (Phi) is 8.78. The minimum absolute atomic E-state index is 0.177. The molecule has 28 heavy (non-hydrogen) atoms. The maximum atomic E-state index is 13.1. The molecule has 0 amide bonds. The number of ether oxygens (including phenoxy) is 2. The largest absolute Gasteiger partial charge is 0.460 e. The summed E-state index contributed by atoms with van der Waals surface area (Å²) in [5, 5.41) is 0. The third-order valence-corrected chi connectivity index (χ3v) is 4.40. The maximum absolute atomic E-state index is 13.1. The van der Waals surface area contributed by atoms with Gasteiger partial charge in [0.2, 0.25) is 0 Å². The van der Waals surface area contributed by atoms with Crippen molar-refractivity contribution in [1.82, 2.24) is 0 Å². The molecule has 1 atom stereocenters. The second-order valence-electron chi connectivity index (χ2n) is 7.62. The number of esters is 2. The van der Waals surface area contributed by atoms with Crippen LogP contribution in [0.3, 0.4) is 0 Å². The van der Waals surface area contributed by atoms with Crippen LogP contribution in [0.1, 0.15) is 47.5 Å². The summed E-state index contributed by atoms with van der Waals surface area (Å²) in [6, 6.07) is 0. The van der Waals surface area contributed by atoms with Gasteiger partial charge in [0.1, 0.15) is 0 Å². The van der Waals surface area contributed by atoms with Gasteiger partial charge in [-0.25, -0.2) is 4.79 Å². The summed E-state index contributed by atoms with van der Waals surface area (Å²) < 4.78 is 95.9. The number of alkyl halides is 7. The van der Waals surface area contributed by atoms with Crippen LogP contribution in [-0.2, 0) is 19.1 Å². The molecule has 0 aliphatic heterocycles. The summed E-state index contributed by atoms with van der Waals surface area (Å²) in [5.41, 5.74) is -0.223. The molecule has 0 bridgehead atoms. The van der Waals surface area contributed by atoms with Gasteiger partial charge in [-0.05, 0) is 17.8 Å². The molecular formula is C17H25F7O4. The van der Waals surface area contributed by atoms with Gasteiger partial charge in [0.15, 0.2) is 13.2 Å². The maximum Gasteiger partial charge on any atom is 0.460 e. The fourth-order valence-corrected chi connectivity index (χ4v) is 2.08. The Morgan fingerprint density at radius 1 is 0.929 bits per heavy atom. The van der Waals surface area contributed by atoms with Crippen molar-refractivity contribution in [2.75, 3.05) is 13.2 Å². The number of halogens is 7. The molecule has 0 aromatic carbocycles. The molecule has 0 aromatic rings. The van der Waals surface area contributed by atoms with Crippen molar-refractivity contribution in [3.05, 3.63) is 0 Å². The van der Waals surface area contributed by atoms with E-state index in [1.165, 1.54) is 0 Å². The molecule has 0 aliphatic carbocycles. The van der Waals surface area contributed by atoms with E-state index < -0.39 is 49.1 Å². The van der Waals surface area contributed by atoms with Crippen molar-refractivity contribution in [1.29, 1.82) is 0 Å². The topological polar surface area (TPSA) is 52.6 Å². The van der Waals surface area contributed by atoms with Gasteiger partial charge >= 0.3 is 30.0 Å². The molecule has 1 unspecified atom stereocenters. The van der Waals surface area contributed by atoms with E-state index in [0.717, 1.165) is 6.42 Å². The Bertz CT molecular complexity index is 542. The van der Waals surface area contributed by atoms with Crippen molar-refractivity contribution in [3.63, 3.8) is 0 Å². The lowest BCUT2D eigenvalue weighted by Gasteiger charge is -2.29. The summed E-state index contributed by atoms with van der Waals surface area (Å²) in [6.07, 6.45) is -5.37. The van der Waals surface area contributed by atoms with Gasteiger partial charge in [-0.3, -0.25) is 4.79 Å². The number of carbonyl (C=O) groups is 2. The number of carbonyl (C=O) groups excluding carboxylic acids is 2. The predicted octanol–water partition coefficient (Wildman–Crippen LogP) is 5.00. The highest BCUT2D eigenvalue weighted by Gasteiger charge is 2.73. The Morgan fingerprint density at radius 2 is 1.43 bits per heavy atom. The smallest absolute Gasteiger partial charge is 0.456 e. The zero-order valence-corrected chi connectivity index (χ0v) is 16.3. The average molecular weight is 426 g/mol. The fraction of sp³-hybridized carbons (Fsp3) is 0.882. The third-order valence-electron chi connectivity index (χ3n) is 4.40. The van der Waals surface area contributed by atoms with Gasteiger partial charge in [-0.1, -0.05) is 41.0 Å². The van der Waals surface area contributed by atoms with Crippen LogP contribution in [-0.4, -0.2) is 43.2 Å². The minimum atomic E-state index is -6.52. The van der Waals surface area contributed by atoms with Crippen LogP contribution in [0.5, 0.6) is 0 Å². The summed E-state index contributed by atoms with van der Waals surface area (Å²) in [4.78, 5) is 23.5. The molecule has 0 saturated carbocycles. The molecule has 0 radical (unpaired) electrons. The van der Waals surface area contributed by atoms with Gasteiger partial charge in [-0.15, -0.1) is 0 Å². The van der Waals surface area contributed by atoms with Crippen LogP contribution >= 0.6 is 0 Å². The lowest BCUT2D eigenvalue weighted by Crippen LogP contribution is -2.54. The highest BCUT2D eigenvalue weighted by atomic mass is 19.4. The van der Waals surface area contributed by atoms with Crippen LogP contribution in [0.25, 0.3) is 0 Å². The van der Waals surface area contributed by atoms with E-state index >= 15 is 0 Å². The first-order valence-electron chi connectivity index (χ1n) is 8.52. The number of rotatable bonds is 10. The average Bonchev–Trinajstić information content (AvgIpc) is 2.54. The second kappa shape index (κ2) is 9.30. The molecule has 4 nitrogen and oxygen atoms in total. The normalized spacial score (nSPS) is 14.8. The van der Waals surface area contributed by atoms with Crippen LogP contribution in [0.15, 0.2) is 0 Å². The molecule has 0 aromatic heterocycles. The standard InChI is InChI=1S/C17H25F7O4/c1-6-14(4,5)7-11(10(2)3)13(26)27-8-12(25)28-9-15(18,19)16(20,21)17(22,23)24/h10-11H,6-9H2,1-5H3. The SMILES string of the molecule is CCC(C)(C)CC(C(=O)OCC(=O)OCC(F)(F)C(F)(F)C(F)(F)F)C(C)C. The van der Waals surface area contributed by atoms with E-state index in [0.29, 0.717) is 6.42 Å². The molecule has 0 rings (SSSR count). The predicted molar refractivity (Wildman–Crippen MR) is 84.9 cm³/mol. The first kappa shape index (κ1) is 26.4. The van der Waals surface area contributed by atoms with E-state index in [-0.39, 0.29) is 11.3 Å². The molecule has 0 heterocycles. The first-order valence-corrected chi connectivity index (χ1v) is 8.52. The van der Waals surface area contributed by atoms with E-state index in [9.17, 15) is 40.3 Å². The van der Waals surface area contributed by atoms with Gasteiger partial charge in [0, 0.05) is 0 Å². The molecular weight excluding hydrogens is 401 g/mol. The first-order chi connectivity index (χ1) is 12.4. The van der Waals surface area contributed by atoms with Gasteiger partial charge in [0.25, 0.3) is 0 Å². The van der Waals surface area contributed by atoms with Gasteiger partial charge in [-0.2, -0.15) is 30.7 Å². The van der Waals surface area contributed by atoms with Crippen LogP contribution in [0.2, 0.25) is 0 Å². The Balaban J connectivity index is 4.79. The molecule has 0 saturated heterocycles. The highest BCUT2D eigenvalue weighted by molar-refractivity contribution is 5.78. The third kappa shape index (κ3) is 7.12. The van der Waals surface area contributed by atoms with Crippen LogP contribution in [0, 0.1) is 17.3 Å². The Labute approximate surface area is 158 Å². The van der Waals surface area contributed by atoms with E-state index in [1.54, 1.807) is 13.8 Å². The van der Waals surface area contributed by atoms with Gasteiger partial charge in [0.05, 0.1) is 5.92 Å². The summed E-state index contributed by atoms with van der Waals surface area (Å²) in [5.74, 6) is -15.3. The Morgan fingerprint density at radius 3 is 1.82 bits per heavy atom. The molecule has 11 heteroatoms. The molecule has 0 fully saturated rings. The quantitative estimate of drug-likeness (QED) is 0.364. The second-order valence-corrected chi connectivity index (χ2v) is 7.62. The van der Waals surface area contributed by atoms with E-state index in [1.807, 2.05) is 20.8 Å².